The number of benzene rings is 7. The molecule has 0 spiro atoms. The highest BCUT2D eigenvalue weighted by Gasteiger charge is 2.47. The molecule has 0 fully saturated rings. The van der Waals surface area contributed by atoms with Crippen LogP contribution in [0, 0.1) is 34.1 Å². The largest absolute Gasteiger partial charge is 0.507 e. The molecule has 0 aliphatic carbocycles. The van der Waals surface area contributed by atoms with E-state index in [1.807, 2.05) is 0 Å². The Bertz CT molecular complexity index is 2380. The van der Waals surface area contributed by atoms with Crippen molar-refractivity contribution in [2.24, 2.45) is 0 Å². The average Bonchev–Trinajstić information content (AvgIpc) is 3.25. The standard InChI is InChI=1S/C24H20P.C23H19N3O8/c1-5-13-21(14-6-1)25(22-15-7-2-8-16-22,23-17-9-3-10-18-23)24-19-11-4-12-20-24;1-12-7-14(9-22(29)17-10-15(25(31)32)3-5-20(17)27)19(8-13(12)2)24-23(30)18-11-16(26(33)34)4-6-21(18)28/h1-20H;3-8,10-11,27-28H,9H2,1-2H3,(H,24,30)/q+1;. The first-order chi connectivity index (χ1) is 28.4. The van der Waals surface area contributed by atoms with E-state index in [2.05, 4.69) is 127 Å². The number of Topliss-reactive ketones (excluding diaryl/α,β-unsaturated/α-hetero) is 1. The number of nitro groups is 2. The number of rotatable bonds is 11. The first-order valence-electron chi connectivity index (χ1n) is 18.4. The average molecular weight is 805 g/mol. The first kappa shape index (κ1) is 41.2. The first-order valence-corrected chi connectivity index (χ1v) is 20.2. The van der Waals surface area contributed by atoms with Crippen LogP contribution in [0.3, 0.4) is 0 Å². The van der Waals surface area contributed by atoms with Crippen molar-refractivity contribution in [2.45, 2.75) is 20.3 Å². The minimum Gasteiger partial charge on any atom is -0.507 e. The van der Waals surface area contributed by atoms with E-state index in [0.29, 0.717) is 5.56 Å². The van der Waals surface area contributed by atoms with Gasteiger partial charge in [0.05, 0.1) is 21.0 Å². The van der Waals surface area contributed by atoms with Crippen molar-refractivity contribution in [3.05, 3.63) is 218 Å². The highest BCUT2D eigenvalue weighted by atomic mass is 31.2. The van der Waals surface area contributed by atoms with Crippen LogP contribution in [0.2, 0.25) is 0 Å². The molecule has 0 bridgehead atoms. The van der Waals surface area contributed by atoms with Crippen LogP contribution in [-0.2, 0) is 6.42 Å². The summed E-state index contributed by atoms with van der Waals surface area (Å²) < 4.78 is 0. The SMILES string of the molecule is Cc1cc(CC(=O)c2cc([N+](=O)[O-])ccc2O)c(NC(=O)c2cc([N+](=O)[O-])ccc2O)cc1C.c1ccc([P+](c2ccccc2)(c2ccccc2)c2ccccc2)cc1. The fraction of sp³-hybridized carbons (Fsp3) is 0.0638. The monoisotopic (exact) mass is 804 g/mol. The topological polar surface area (TPSA) is 173 Å². The number of hydrogen-bond acceptors (Lipinski definition) is 8. The Morgan fingerprint density at radius 1 is 0.542 bits per heavy atom. The Labute approximate surface area is 340 Å². The van der Waals surface area contributed by atoms with Gasteiger partial charge in [-0.3, -0.25) is 29.8 Å². The van der Waals surface area contributed by atoms with Gasteiger partial charge in [-0.2, -0.15) is 0 Å². The molecule has 7 aromatic carbocycles. The lowest BCUT2D eigenvalue weighted by molar-refractivity contribution is -0.385. The number of aryl methyl sites for hydroxylation is 2. The van der Waals surface area contributed by atoms with Crippen LogP contribution < -0.4 is 26.5 Å². The number of nitrogens with one attached hydrogen (secondary N) is 1. The number of nitrogens with zero attached hydrogens (tertiary/aromatic N) is 2. The zero-order valence-corrected chi connectivity index (χ0v) is 33.0. The van der Waals surface area contributed by atoms with Gasteiger partial charge < -0.3 is 15.5 Å². The minimum absolute atomic E-state index is 0.206. The van der Waals surface area contributed by atoms with Crippen molar-refractivity contribution < 1.29 is 29.6 Å². The third-order valence-electron chi connectivity index (χ3n) is 9.82. The van der Waals surface area contributed by atoms with Crippen LogP contribution in [0.4, 0.5) is 17.1 Å². The summed E-state index contributed by atoms with van der Waals surface area (Å²) in [5.74, 6) is -2.35. The number of aromatic hydroxyl groups is 2. The predicted molar refractivity (Wildman–Crippen MR) is 233 cm³/mol. The van der Waals surface area contributed by atoms with Gasteiger partial charge in [-0.05, 0) is 97.3 Å². The molecular formula is C47H39N3O8P+. The smallest absolute Gasteiger partial charge is 0.270 e. The number of hydrogen-bond donors (Lipinski definition) is 3. The van der Waals surface area contributed by atoms with Gasteiger partial charge in [0.25, 0.3) is 17.3 Å². The molecule has 0 aromatic heterocycles. The fourth-order valence-electron chi connectivity index (χ4n) is 6.78. The molecule has 294 valence electrons. The van der Waals surface area contributed by atoms with Crippen molar-refractivity contribution in [1.29, 1.82) is 0 Å². The van der Waals surface area contributed by atoms with Crippen LogP contribution in [-0.4, -0.2) is 31.8 Å². The van der Waals surface area contributed by atoms with Crippen LogP contribution in [0.15, 0.2) is 170 Å². The van der Waals surface area contributed by atoms with Gasteiger partial charge in [-0.1, -0.05) is 78.9 Å². The van der Waals surface area contributed by atoms with Crippen molar-refractivity contribution >= 4 is 57.2 Å². The number of nitro benzene ring substituents is 2. The van der Waals surface area contributed by atoms with Gasteiger partial charge in [-0.25, -0.2) is 0 Å². The summed E-state index contributed by atoms with van der Waals surface area (Å²) in [6.07, 6.45) is -0.313. The van der Waals surface area contributed by atoms with Gasteiger partial charge >= 0.3 is 0 Å². The van der Waals surface area contributed by atoms with Gasteiger partial charge in [0.2, 0.25) is 0 Å². The van der Waals surface area contributed by atoms with Gasteiger partial charge in [0.1, 0.15) is 40.0 Å². The molecule has 0 unspecified atom stereocenters. The van der Waals surface area contributed by atoms with Gasteiger partial charge in [0, 0.05) is 36.4 Å². The second-order valence-corrected chi connectivity index (χ2v) is 17.0. The van der Waals surface area contributed by atoms with Crippen molar-refractivity contribution in [2.75, 3.05) is 5.32 Å². The number of non-ortho nitro benzene ring substituents is 2. The van der Waals surface area contributed by atoms with Crippen LogP contribution in [0.1, 0.15) is 37.4 Å². The maximum atomic E-state index is 12.9. The molecule has 7 aromatic rings. The normalized spacial score (nSPS) is 10.8. The van der Waals surface area contributed by atoms with Crippen LogP contribution in [0.5, 0.6) is 11.5 Å². The van der Waals surface area contributed by atoms with Crippen LogP contribution >= 0.6 is 7.26 Å². The molecule has 1 amide bonds. The summed E-state index contributed by atoms with van der Waals surface area (Å²) in [7, 11) is -1.91. The number of amides is 1. The number of phenols is 2. The molecule has 0 atom stereocenters. The van der Waals surface area contributed by atoms with Gasteiger partial charge in [-0.15, -0.1) is 0 Å². The Hall–Kier alpha value is -7.49. The predicted octanol–water partition coefficient (Wildman–Crippen LogP) is 8.51. The van der Waals surface area contributed by atoms with E-state index < -0.39 is 40.3 Å². The fourth-order valence-corrected chi connectivity index (χ4v) is 11.0. The lowest BCUT2D eigenvalue weighted by Crippen LogP contribution is -2.38. The van der Waals surface area contributed by atoms with Crippen molar-refractivity contribution in [1.82, 2.24) is 0 Å². The molecule has 11 nitrogen and oxygen atoms in total. The van der Waals surface area contributed by atoms with E-state index in [-0.39, 0.29) is 34.6 Å². The third-order valence-corrected chi connectivity index (χ3v) is 14.1. The molecule has 0 heterocycles. The summed E-state index contributed by atoms with van der Waals surface area (Å²) in [6, 6.07) is 53.2. The number of carbonyl (C=O) groups is 2. The minimum atomic E-state index is -1.91. The van der Waals surface area contributed by atoms with E-state index in [4.69, 9.17) is 0 Å². The Balaban J connectivity index is 0.000000207. The summed E-state index contributed by atoms with van der Waals surface area (Å²) >= 11 is 0. The van der Waals surface area contributed by atoms with Crippen molar-refractivity contribution in [3.63, 3.8) is 0 Å². The molecule has 0 saturated carbocycles. The van der Waals surface area contributed by atoms with E-state index in [1.165, 1.54) is 21.2 Å². The number of phenolic OH excluding ortho intramolecular Hbond substituents is 2. The second kappa shape index (κ2) is 18.2. The lowest BCUT2D eigenvalue weighted by atomic mass is 9.96. The lowest BCUT2D eigenvalue weighted by Gasteiger charge is -2.27. The third kappa shape index (κ3) is 9.06. The van der Waals surface area contributed by atoms with E-state index in [1.54, 1.807) is 26.0 Å². The summed E-state index contributed by atoms with van der Waals surface area (Å²) in [5.41, 5.74) is 0.780. The Kier molecular flexibility index (Phi) is 12.7. The van der Waals surface area contributed by atoms with Crippen molar-refractivity contribution in [3.8, 4) is 11.5 Å². The van der Waals surface area contributed by atoms with E-state index >= 15 is 0 Å². The van der Waals surface area contributed by atoms with E-state index in [9.17, 15) is 40.0 Å². The number of anilines is 1. The molecule has 59 heavy (non-hydrogen) atoms. The quantitative estimate of drug-likeness (QED) is 0.0505. The Morgan fingerprint density at radius 2 is 0.915 bits per heavy atom. The zero-order valence-electron chi connectivity index (χ0n) is 32.1. The second-order valence-electron chi connectivity index (χ2n) is 13.6. The van der Waals surface area contributed by atoms with Crippen LogP contribution in [0.25, 0.3) is 0 Å². The number of ketones is 1. The number of carbonyl (C=O) groups excluding carboxylic acids is 2. The zero-order chi connectivity index (χ0) is 42.1. The van der Waals surface area contributed by atoms with Gasteiger partial charge in [0.15, 0.2) is 5.78 Å². The summed E-state index contributed by atoms with van der Waals surface area (Å²) in [5, 5.41) is 50.2. The molecule has 0 aliphatic heterocycles. The molecule has 0 saturated heterocycles. The summed E-state index contributed by atoms with van der Waals surface area (Å²) in [4.78, 5) is 46.3. The van der Waals surface area contributed by atoms with E-state index in [0.717, 1.165) is 47.5 Å². The highest BCUT2D eigenvalue weighted by molar-refractivity contribution is 8.01. The molecule has 12 heteroatoms. The highest BCUT2D eigenvalue weighted by Crippen LogP contribution is 2.54. The molecule has 0 radical (unpaired) electrons. The summed E-state index contributed by atoms with van der Waals surface area (Å²) in [6.45, 7) is 3.56. The maximum Gasteiger partial charge on any atom is 0.270 e. The molecular weight excluding hydrogens is 766 g/mol. The molecule has 7 rings (SSSR count). The maximum absolute atomic E-state index is 12.9. The Morgan fingerprint density at radius 3 is 1.32 bits per heavy atom. The molecule has 3 N–H and O–H groups in total. The molecule has 0 aliphatic rings.